The molecule has 0 atom stereocenters. The fourth-order valence-electron chi connectivity index (χ4n) is 3.96. The molecule has 0 spiro atoms. The second-order valence-corrected chi connectivity index (χ2v) is 8.66. The van der Waals surface area contributed by atoms with Gasteiger partial charge in [-0.3, -0.25) is 9.78 Å². The number of hydrogen-bond donors (Lipinski definition) is 1. The number of carbonyl (C=O) groups is 1. The monoisotopic (exact) mass is 531 g/mol. The van der Waals surface area contributed by atoms with E-state index in [-0.39, 0.29) is 34.1 Å². The number of carbonyl (C=O) groups excluding carboxylic acids is 1. The Balaban J connectivity index is 1.71. The number of benzene rings is 2. The van der Waals surface area contributed by atoms with Crippen LogP contribution in [0.3, 0.4) is 0 Å². The number of aromatic nitrogens is 3. The number of alkyl halides is 3. The van der Waals surface area contributed by atoms with E-state index >= 15 is 0 Å². The van der Waals surface area contributed by atoms with Crippen LogP contribution < -0.4 is 0 Å². The third-order valence-corrected chi connectivity index (χ3v) is 6.09. The molecule has 11 heteroatoms. The SMILES string of the molecule is O=C(c1cnc(-c2ccccn2)o1)c1c(C(F)(F)F)n(Cc2ccc(Cl)cc2Cl)c2ccc(O)cc12. The van der Waals surface area contributed by atoms with Crippen LogP contribution in [0.25, 0.3) is 22.5 Å². The minimum Gasteiger partial charge on any atom is -0.508 e. The molecule has 3 heterocycles. The molecule has 0 aliphatic heterocycles. The average molecular weight is 532 g/mol. The number of nitrogens with zero attached hydrogens (tertiary/aromatic N) is 3. The van der Waals surface area contributed by atoms with Crippen molar-refractivity contribution in [3.05, 3.63) is 99.6 Å². The zero-order valence-corrected chi connectivity index (χ0v) is 19.6. The Morgan fingerprint density at radius 2 is 1.86 bits per heavy atom. The predicted molar refractivity (Wildman–Crippen MR) is 127 cm³/mol. The Hall–Kier alpha value is -3.82. The lowest BCUT2D eigenvalue weighted by Gasteiger charge is -2.15. The lowest BCUT2D eigenvalue weighted by molar-refractivity contribution is -0.143. The summed E-state index contributed by atoms with van der Waals surface area (Å²) in [4.78, 5) is 21.5. The van der Waals surface area contributed by atoms with Crippen LogP contribution in [0.4, 0.5) is 13.2 Å². The summed E-state index contributed by atoms with van der Waals surface area (Å²) in [6.45, 7) is -0.311. The fraction of sp³-hybridized carbons (Fsp3) is 0.0800. The molecule has 0 saturated carbocycles. The first-order chi connectivity index (χ1) is 17.1. The molecule has 0 saturated heterocycles. The van der Waals surface area contributed by atoms with Gasteiger partial charge in [0.15, 0.2) is 5.76 Å². The van der Waals surface area contributed by atoms with Crippen molar-refractivity contribution in [3.63, 3.8) is 0 Å². The highest BCUT2D eigenvalue weighted by Gasteiger charge is 2.42. The zero-order valence-electron chi connectivity index (χ0n) is 18.1. The molecule has 0 amide bonds. The Kier molecular flexibility index (Phi) is 5.97. The van der Waals surface area contributed by atoms with E-state index in [9.17, 15) is 23.1 Å². The molecular formula is C25H14Cl2F3N3O3. The maximum atomic E-state index is 14.5. The average Bonchev–Trinajstić information content (AvgIpc) is 3.44. The van der Waals surface area contributed by atoms with Gasteiger partial charge in [0.25, 0.3) is 0 Å². The maximum Gasteiger partial charge on any atom is 0.432 e. The van der Waals surface area contributed by atoms with Crippen LogP contribution in [-0.2, 0) is 12.7 Å². The second-order valence-electron chi connectivity index (χ2n) is 7.82. The van der Waals surface area contributed by atoms with Crippen LogP contribution >= 0.6 is 23.2 Å². The highest BCUT2D eigenvalue weighted by molar-refractivity contribution is 6.35. The first kappa shape index (κ1) is 23.9. The molecule has 0 radical (unpaired) electrons. The van der Waals surface area contributed by atoms with Gasteiger partial charge in [0.05, 0.1) is 11.8 Å². The van der Waals surface area contributed by atoms with Crippen LogP contribution in [0.15, 0.2) is 71.4 Å². The van der Waals surface area contributed by atoms with Gasteiger partial charge in [-0.2, -0.15) is 13.2 Å². The third-order valence-electron chi connectivity index (χ3n) is 5.50. The summed E-state index contributed by atoms with van der Waals surface area (Å²) in [5.74, 6) is -1.78. The number of pyridine rings is 1. The van der Waals surface area contributed by atoms with Crippen molar-refractivity contribution in [3.8, 4) is 17.3 Å². The summed E-state index contributed by atoms with van der Waals surface area (Å²) in [6.07, 6.45) is -2.40. The molecule has 36 heavy (non-hydrogen) atoms. The first-order valence-electron chi connectivity index (χ1n) is 10.4. The van der Waals surface area contributed by atoms with Crippen molar-refractivity contribution >= 4 is 39.9 Å². The minimum atomic E-state index is -4.94. The van der Waals surface area contributed by atoms with Gasteiger partial charge in [0.1, 0.15) is 17.1 Å². The minimum absolute atomic E-state index is 0.0213. The molecule has 1 N–H and O–H groups in total. The summed E-state index contributed by atoms with van der Waals surface area (Å²) in [7, 11) is 0. The van der Waals surface area contributed by atoms with E-state index in [2.05, 4.69) is 9.97 Å². The number of oxazole rings is 1. The highest BCUT2D eigenvalue weighted by Crippen LogP contribution is 2.41. The molecule has 3 aromatic heterocycles. The van der Waals surface area contributed by atoms with Gasteiger partial charge in [-0.05, 0) is 48.0 Å². The van der Waals surface area contributed by atoms with E-state index in [0.717, 1.165) is 16.8 Å². The van der Waals surface area contributed by atoms with Crippen LogP contribution in [-0.4, -0.2) is 25.4 Å². The van der Waals surface area contributed by atoms with Crippen molar-refractivity contribution in [2.75, 3.05) is 0 Å². The Labute approximate surface area is 211 Å². The number of ketones is 1. The lowest BCUT2D eigenvalue weighted by Crippen LogP contribution is -2.18. The molecule has 0 bridgehead atoms. The molecule has 0 unspecified atom stereocenters. The Morgan fingerprint density at radius 3 is 2.56 bits per heavy atom. The van der Waals surface area contributed by atoms with E-state index in [1.54, 1.807) is 18.2 Å². The number of aromatic hydroxyl groups is 1. The number of phenols is 1. The van der Waals surface area contributed by atoms with E-state index in [1.807, 2.05) is 0 Å². The number of fused-ring (bicyclic) bond motifs is 1. The molecule has 5 rings (SSSR count). The van der Waals surface area contributed by atoms with E-state index in [4.69, 9.17) is 27.6 Å². The van der Waals surface area contributed by atoms with Gasteiger partial charge in [-0.1, -0.05) is 35.3 Å². The van der Waals surface area contributed by atoms with Gasteiger partial charge in [0, 0.05) is 33.7 Å². The molecule has 182 valence electrons. The summed E-state index contributed by atoms with van der Waals surface area (Å²) in [5, 5.41) is 10.4. The Morgan fingerprint density at radius 1 is 1.06 bits per heavy atom. The van der Waals surface area contributed by atoms with Gasteiger partial charge in [-0.15, -0.1) is 0 Å². The van der Waals surface area contributed by atoms with Crippen molar-refractivity contribution in [2.24, 2.45) is 0 Å². The summed E-state index contributed by atoms with van der Waals surface area (Å²) in [6, 6.07) is 13.0. The van der Waals surface area contributed by atoms with Crippen molar-refractivity contribution < 1.29 is 27.5 Å². The summed E-state index contributed by atoms with van der Waals surface area (Å²) < 4.78 is 50.0. The standard InChI is InChI=1S/C25H14Cl2F3N3O3/c26-14-5-4-13(17(27)9-14)12-33-19-7-6-15(34)10-16(19)21(23(33)25(28,29)30)22(35)20-11-32-24(36-20)18-3-1-2-8-31-18/h1-11,34H,12H2. The van der Waals surface area contributed by atoms with Crippen LogP contribution in [0.2, 0.25) is 10.0 Å². The highest BCUT2D eigenvalue weighted by atomic mass is 35.5. The smallest absolute Gasteiger partial charge is 0.432 e. The second kappa shape index (κ2) is 9.00. The Bertz CT molecular complexity index is 1610. The van der Waals surface area contributed by atoms with Crippen LogP contribution in [0.5, 0.6) is 5.75 Å². The van der Waals surface area contributed by atoms with Gasteiger partial charge in [0.2, 0.25) is 11.7 Å². The summed E-state index contributed by atoms with van der Waals surface area (Å²) in [5.41, 5.74) is -1.16. The first-order valence-corrected chi connectivity index (χ1v) is 11.2. The number of hydrogen-bond acceptors (Lipinski definition) is 5. The summed E-state index contributed by atoms with van der Waals surface area (Å²) >= 11 is 12.2. The van der Waals surface area contributed by atoms with E-state index in [1.165, 1.54) is 36.5 Å². The fourth-order valence-corrected chi connectivity index (χ4v) is 4.43. The van der Waals surface area contributed by atoms with Gasteiger partial charge < -0.3 is 14.1 Å². The predicted octanol–water partition coefficient (Wildman–Crippen LogP) is 7.00. The quantitative estimate of drug-likeness (QED) is 0.247. The van der Waals surface area contributed by atoms with E-state index < -0.39 is 29.0 Å². The topological polar surface area (TPSA) is 81.2 Å². The number of phenolic OH excluding ortho intramolecular Hbond substituents is 1. The molecule has 2 aromatic carbocycles. The molecular weight excluding hydrogens is 518 g/mol. The molecule has 0 aliphatic carbocycles. The van der Waals surface area contributed by atoms with Crippen LogP contribution in [0.1, 0.15) is 27.4 Å². The van der Waals surface area contributed by atoms with Crippen molar-refractivity contribution in [1.29, 1.82) is 0 Å². The normalized spacial score (nSPS) is 11.8. The molecule has 5 aromatic rings. The number of rotatable bonds is 5. The van der Waals surface area contributed by atoms with Gasteiger partial charge >= 0.3 is 6.18 Å². The van der Waals surface area contributed by atoms with E-state index in [0.29, 0.717) is 16.3 Å². The molecule has 6 nitrogen and oxygen atoms in total. The largest absolute Gasteiger partial charge is 0.508 e. The van der Waals surface area contributed by atoms with Gasteiger partial charge in [-0.25, -0.2) is 4.98 Å². The molecule has 0 fully saturated rings. The maximum absolute atomic E-state index is 14.5. The third kappa shape index (κ3) is 4.31. The lowest BCUT2D eigenvalue weighted by atomic mass is 10.0. The zero-order chi connectivity index (χ0) is 25.6. The van der Waals surface area contributed by atoms with Crippen LogP contribution in [0, 0.1) is 0 Å². The molecule has 0 aliphatic rings. The number of halogens is 5. The van der Waals surface area contributed by atoms with Crippen molar-refractivity contribution in [2.45, 2.75) is 12.7 Å². The van der Waals surface area contributed by atoms with Crippen molar-refractivity contribution in [1.82, 2.24) is 14.5 Å².